The lowest BCUT2D eigenvalue weighted by Crippen LogP contribution is -2.32. The fourth-order valence-electron chi connectivity index (χ4n) is 3.36. The Hall–Kier alpha value is -2.96. The van der Waals surface area contributed by atoms with Gasteiger partial charge in [0.05, 0.1) is 35.3 Å². The number of thioether (sulfide) groups is 1. The summed E-state index contributed by atoms with van der Waals surface area (Å²) in [6, 6.07) is 15.9. The largest absolute Gasteiger partial charge is 0.496 e. The minimum absolute atomic E-state index is 0.323. The number of para-hydroxylation sites is 1. The molecule has 5 nitrogen and oxygen atoms in total. The summed E-state index contributed by atoms with van der Waals surface area (Å²) in [7, 11) is 1.54. The fraction of sp³-hybridized carbons (Fsp3) is 0.130. The molecule has 0 fully saturated rings. The van der Waals surface area contributed by atoms with Gasteiger partial charge in [-0.3, -0.25) is 9.59 Å². The third kappa shape index (κ3) is 3.64. The number of aryl methyl sites for hydroxylation is 1. The zero-order valence-corrected chi connectivity index (χ0v) is 17.9. The SMILES string of the molecule is COc1ccccc1C1=C(SCc2ccco2)C(=O)N(c2ccc(Cl)cc2C)C1=O. The molecule has 0 atom stereocenters. The first-order valence-corrected chi connectivity index (χ1v) is 10.6. The van der Waals surface area contributed by atoms with Crippen LogP contribution in [0.3, 0.4) is 0 Å². The van der Waals surface area contributed by atoms with E-state index < -0.39 is 5.91 Å². The monoisotopic (exact) mass is 439 g/mol. The maximum absolute atomic E-state index is 13.5. The second kappa shape index (κ2) is 8.42. The van der Waals surface area contributed by atoms with Crippen molar-refractivity contribution in [3.05, 3.63) is 87.7 Å². The summed E-state index contributed by atoms with van der Waals surface area (Å²) in [5, 5.41) is 0.542. The summed E-state index contributed by atoms with van der Waals surface area (Å²) >= 11 is 7.34. The van der Waals surface area contributed by atoms with Gasteiger partial charge in [0.2, 0.25) is 0 Å². The summed E-state index contributed by atoms with van der Waals surface area (Å²) in [4.78, 5) is 28.5. The van der Waals surface area contributed by atoms with Gasteiger partial charge in [-0.2, -0.15) is 0 Å². The van der Waals surface area contributed by atoms with Gasteiger partial charge in [-0.1, -0.05) is 29.8 Å². The molecule has 0 radical (unpaired) electrons. The lowest BCUT2D eigenvalue weighted by molar-refractivity contribution is -0.119. The van der Waals surface area contributed by atoms with Crippen LogP contribution in [0.25, 0.3) is 5.57 Å². The van der Waals surface area contributed by atoms with Gasteiger partial charge in [-0.05, 0) is 48.9 Å². The third-order valence-electron chi connectivity index (χ3n) is 4.76. The first-order valence-electron chi connectivity index (χ1n) is 9.19. The summed E-state index contributed by atoms with van der Waals surface area (Å²) < 4.78 is 10.9. The number of hydrogen-bond donors (Lipinski definition) is 0. The van der Waals surface area contributed by atoms with Gasteiger partial charge in [-0.15, -0.1) is 11.8 Å². The van der Waals surface area contributed by atoms with E-state index >= 15 is 0 Å². The van der Waals surface area contributed by atoms with Gasteiger partial charge in [0.1, 0.15) is 11.5 Å². The van der Waals surface area contributed by atoms with E-state index in [1.807, 2.05) is 25.1 Å². The van der Waals surface area contributed by atoms with Crippen LogP contribution in [0, 0.1) is 6.92 Å². The molecule has 0 saturated carbocycles. The number of carbonyl (C=O) groups is 2. The minimum atomic E-state index is -0.392. The number of hydrogen-bond acceptors (Lipinski definition) is 5. The second-order valence-electron chi connectivity index (χ2n) is 6.65. The molecule has 1 aliphatic heterocycles. The molecule has 0 aliphatic carbocycles. The van der Waals surface area contributed by atoms with E-state index in [0.29, 0.717) is 44.0 Å². The number of halogens is 1. The number of carbonyl (C=O) groups excluding carboxylic acids is 2. The number of rotatable bonds is 6. The highest BCUT2D eigenvalue weighted by Gasteiger charge is 2.41. The second-order valence-corrected chi connectivity index (χ2v) is 8.07. The van der Waals surface area contributed by atoms with Crippen molar-refractivity contribution in [3.8, 4) is 5.75 Å². The van der Waals surface area contributed by atoms with E-state index in [4.69, 9.17) is 20.8 Å². The van der Waals surface area contributed by atoms with Gasteiger partial charge in [-0.25, -0.2) is 4.90 Å². The van der Waals surface area contributed by atoms with E-state index in [1.165, 1.54) is 23.8 Å². The van der Waals surface area contributed by atoms with Crippen molar-refractivity contribution in [2.75, 3.05) is 12.0 Å². The van der Waals surface area contributed by atoms with Crippen LogP contribution < -0.4 is 9.64 Å². The fourth-order valence-corrected chi connectivity index (χ4v) is 4.59. The molecular formula is C23H18ClNO4S. The molecule has 0 saturated heterocycles. The van der Waals surface area contributed by atoms with Gasteiger partial charge < -0.3 is 9.15 Å². The zero-order chi connectivity index (χ0) is 21.3. The maximum Gasteiger partial charge on any atom is 0.272 e. The highest BCUT2D eigenvalue weighted by atomic mass is 35.5. The van der Waals surface area contributed by atoms with Crippen molar-refractivity contribution in [3.63, 3.8) is 0 Å². The molecule has 152 valence electrons. The predicted molar refractivity (Wildman–Crippen MR) is 119 cm³/mol. The Morgan fingerprint density at radius 3 is 2.57 bits per heavy atom. The number of nitrogens with zero attached hydrogens (tertiary/aromatic N) is 1. The lowest BCUT2D eigenvalue weighted by atomic mass is 10.0. The van der Waals surface area contributed by atoms with Crippen LogP contribution in [0.1, 0.15) is 16.9 Å². The molecule has 0 bridgehead atoms. The van der Waals surface area contributed by atoms with Crippen molar-refractivity contribution in [1.82, 2.24) is 0 Å². The van der Waals surface area contributed by atoms with Crippen molar-refractivity contribution in [1.29, 1.82) is 0 Å². The molecule has 0 spiro atoms. The van der Waals surface area contributed by atoms with Gasteiger partial charge in [0.15, 0.2) is 0 Å². The Morgan fingerprint density at radius 2 is 1.87 bits per heavy atom. The van der Waals surface area contributed by atoms with E-state index in [1.54, 1.807) is 42.7 Å². The molecule has 1 aromatic heterocycles. The third-order valence-corrected chi connectivity index (χ3v) is 6.09. The Bertz CT molecular complexity index is 1150. The summed E-state index contributed by atoms with van der Waals surface area (Å²) in [5.41, 5.74) is 2.15. The van der Waals surface area contributed by atoms with E-state index in [2.05, 4.69) is 0 Å². The topological polar surface area (TPSA) is 59.8 Å². The summed E-state index contributed by atoms with van der Waals surface area (Å²) in [6.45, 7) is 1.82. The molecule has 0 N–H and O–H groups in total. The van der Waals surface area contributed by atoms with Crippen LogP contribution in [0.5, 0.6) is 5.75 Å². The van der Waals surface area contributed by atoms with E-state index in [-0.39, 0.29) is 5.91 Å². The molecule has 7 heteroatoms. The number of anilines is 1. The first-order chi connectivity index (χ1) is 14.5. The minimum Gasteiger partial charge on any atom is -0.496 e. The van der Waals surface area contributed by atoms with Crippen LogP contribution in [-0.4, -0.2) is 18.9 Å². The van der Waals surface area contributed by atoms with Gasteiger partial charge in [0.25, 0.3) is 11.8 Å². The Kier molecular flexibility index (Phi) is 5.70. The number of furan rings is 1. The van der Waals surface area contributed by atoms with Crippen LogP contribution >= 0.6 is 23.4 Å². The quantitative estimate of drug-likeness (QED) is 0.477. The highest BCUT2D eigenvalue weighted by molar-refractivity contribution is 8.03. The number of ether oxygens (including phenoxy) is 1. The Balaban J connectivity index is 1.81. The molecule has 2 amide bonds. The van der Waals surface area contributed by atoms with Crippen LogP contribution in [0.15, 0.2) is 70.2 Å². The zero-order valence-electron chi connectivity index (χ0n) is 16.3. The van der Waals surface area contributed by atoms with Crippen molar-refractivity contribution >= 4 is 46.4 Å². The molecule has 4 rings (SSSR count). The van der Waals surface area contributed by atoms with E-state index in [0.717, 1.165) is 5.56 Å². The lowest BCUT2D eigenvalue weighted by Gasteiger charge is -2.18. The number of benzene rings is 2. The smallest absolute Gasteiger partial charge is 0.272 e. The Labute approximate surface area is 183 Å². The van der Waals surface area contributed by atoms with Crippen molar-refractivity contribution in [2.24, 2.45) is 0 Å². The van der Waals surface area contributed by atoms with Crippen LogP contribution in [-0.2, 0) is 15.3 Å². The molecule has 1 aliphatic rings. The van der Waals surface area contributed by atoms with Crippen LogP contribution in [0.4, 0.5) is 5.69 Å². The molecule has 2 heterocycles. The Morgan fingerprint density at radius 1 is 1.07 bits per heavy atom. The average Bonchev–Trinajstić information content (AvgIpc) is 3.33. The predicted octanol–water partition coefficient (Wildman–Crippen LogP) is 5.47. The van der Waals surface area contributed by atoms with Crippen molar-refractivity contribution < 1.29 is 18.7 Å². The molecule has 3 aromatic rings. The number of imide groups is 1. The van der Waals surface area contributed by atoms with Gasteiger partial charge in [0, 0.05) is 10.6 Å². The first kappa shape index (κ1) is 20.3. The van der Waals surface area contributed by atoms with Gasteiger partial charge >= 0.3 is 0 Å². The van der Waals surface area contributed by atoms with E-state index in [9.17, 15) is 9.59 Å². The van der Waals surface area contributed by atoms with Crippen molar-refractivity contribution in [2.45, 2.75) is 12.7 Å². The molecular weight excluding hydrogens is 422 g/mol. The molecule has 30 heavy (non-hydrogen) atoms. The maximum atomic E-state index is 13.5. The normalized spacial score (nSPS) is 14.0. The molecule has 0 unspecified atom stereocenters. The highest BCUT2D eigenvalue weighted by Crippen LogP contribution is 2.42. The average molecular weight is 440 g/mol. The summed E-state index contributed by atoms with van der Waals surface area (Å²) in [6.07, 6.45) is 1.58. The number of amides is 2. The van der Waals surface area contributed by atoms with Crippen LogP contribution in [0.2, 0.25) is 5.02 Å². The standard InChI is InChI=1S/C23H18ClNO4S/c1-14-12-15(24)9-10-18(14)25-22(26)20(17-7-3-4-8-19(17)28-2)21(23(25)27)30-13-16-6-5-11-29-16/h3-12H,13H2,1-2H3. The summed E-state index contributed by atoms with van der Waals surface area (Å²) in [5.74, 6) is 0.903. The number of methoxy groups -OCH3 is 1. The molecule has 2 aromatic carbocycles.